The average molecular weight is 304 g/mol. The lowest BCUT2D eigenvalue weighted by Crippen LogP contribution is -2.35. The summed E-state index contributed by atoms with van der Waals surface area (Å²) in [5, 5.41) is 2.91. The molecular formula is C12H17FN2O2S2. The number of thioether (sulfide) groups is 1. The van der Waals surface area contributed by atoms with Gasteiger partial charge in [-0.05, 0) is 36.9 Å². The monoisotopic (exact) mass is 304 g/mol. The van der Waals surface area contributed by atoms with Gasteiger partial charge >= 0.3 is 0 Å². The maximum atomic E-state index is 13.7. The molecule has 2 N–H and O–H groups in total. The summed E-state index contributed by atoms with van der Waals surface area (Å²) in [4.78, 5) is -0.267. The Morgan fingerprint density at radius 3 is 2.89 bits per heavy atom. The second kappa shape index (κ2) is 6.21. The van der Waals surface area contributed by atoms with Crippen LogP contribution in [-0.2, 0) is 16.6 Å². The molecule has 2 rings (SSSR count). The van der Waals surface area contributed by atoms with Crippen molar-refractivity contribution in [2.45, 2.75) is 23.9 Å². The van der Waals surface area contributed by atoms with E-state index in [0.29, 0.717) is 6.54 Å². The van der Waals surface area contributed by atoms with Crippen LogP contribution in [0.4, 0.5) is 4.39 Å². The van der Waals surface area contributed by atoms with Crippen LogP contribution in [0.15, 0.2) is 23.1 Å². The fraction of sp³-hybridized carbons (Fsp3) is 0.500. The Morgan fingerprint density at radius 2 is 2.26 bits per heavy atom. The minimum Gasteiger partial charge on any atom is -0.316 e. The van der Waals surface area contributed by atoms with Gasteiger partial charge < -0.3 is 5.32 Å². The Hall–Kier alpha value is -0.630. The van der Waals surface area contributed by atoms with Crippen molar-refractivity contribution in [1.82, 2.24) is 10.0 Å². The Balaban J connectivity index is 2.25. The zero-order valence-electron chi connectivity index (χ0n) is 10.6. The molecule has 1 atom stereocenters. The molecule has 1 aliphatic heterocycles. The molecule has 1 fully saturated rings. The van der Waals surface area contributed by atoms with E-state index < -0.39 is 15.8 Å². The molecule has 106 valence electrons. The minimum atomic E-state index is -3.78. The number of nitrogens with one attached hydrogen (secondary N) is 2. The van der Waals surface area contributed by atoms with Gasteiger partial charge in [0.15, 0.2) is 0 Å². The second-order valence-corrected chi connectivity index (χ2v) is 7.31. The summed E-state index contributed by atoms with van der Waals surface area (Å²) in [5.41, 5.74) is 0.741. The first-order valence-electron chi connectivity index (χ1n) is 6.06. The van der Waals surface area contributed by atoms with Gasteiger partial charge in [-0.2, -0.15) is 11.8 Å². The Bertz CT molecular complexity index is 543. The second-order valence-electron chi connectivity index (χ2n) is 4.48. The summed E-state index contributed by atoms with van der Waals surface area (Å²) in [7, 11) is -2.03. The van der Waals surface area contributed by atoms with Crippen molar-refractivity contribution in [3.63, 3.8) is 0 Å². The third kappa shape index (κ3) is 3.68. The highest BCUT2D eigenvalue weighted by Gasteiger charge is 2.25. The predicted molar refractivity (Wildman–Crippen MR) is 75.2 cm³/mol. The van der Waals surface area contributed by atoms with Gasteiger partial charge in [-0.3, -0.25) is 0 Å². The molecule has 4 nitrogen and oxygen atoms in total. The smallest absolute Gasteiger partial charge is 0.243 e. The zero-order chi connectivity index (χ0) is 13.9. The van der Waals surface area contributed by atoms with Crippen molar-refractivity contribution >= 4 is 21.8 Å². The highest BCUT2D eigenvalue weighted by Crippen LogP contribution is 2.21. The van der Waals surface area contributed by atoms with Crippen LogP contribution < -0.4 is 10.0 Å². The van der Waals surface area contributed by atoms with E-state index in [4.69, 9.17) is 0 Å². The van der Waals surface area contributed by atoms with Crippen molar-refractivity contribution in [3.8, 4) is 0 Å². The van der Waals surface area contributed by atoms with Gasteiger partial charge in [0, 0.05) is 18.3 Å². The molecule has 0 saturated carbocycles. The molecule has 1 saturated heterocycles. The normalized spacial score (nSPS) is 19.8. The number of halogens is 1. The zero-order valence-corrected chi connectivity index (χ0v) is 12.3. The van der Waals surface area contributed by atoms with E-state index in [1.165, 1.54) is 12.1 Å². The number of rotatable bonds is 5. The number of hydrogen-bond acceptors (Lipinski definition) is 4. The first kappa shape index (κ1) is 14.8. The molecule has 1 aromatic carbocycles. The van der Waals surface area contributed by atoms with Crippen molar-refractivity contribution in [2.24, 2.45) is 0 Å². The molecule has 0 amide bonds. The standard InChI is InChI=1S/C12H17FN2O2S2/c1-14-7-9-2-3-11(13)12(6-9)19(16,17)15-10-4-5-18-8-10/h2-3,6,10,14-15H,4-5,7-8H2,1H3. The van der Waals surface area contributed by atoms with Gasteiger partial charge in [-0.15, -0.1) is 0 Å². The molecule has 1 aromatic rings. The molecule has 19 heavy (non-hydrogen) atoms. The first-order valence-corrected chi connectivity index (χ1v) is 8.70. The van der Waals surface area contributed by atoms with E-state index in [1.54, 1.807) is 24.9 Å². The Kier molecular flexibility index (Phi) is 4.83. The van der Waals surface area contributed by atoms with Gasteiger partial charge in [0.25, 0.3) is 0 Å². The molecule has 0 spiro atoms. The highest BCUT2D eigenvalue weighted by atomic mass is 32.2. The number of hydrogen-bond donors (Lipinski definition) is 2. The SMILES string of the molecule is CNCc1ccc(F)c(S(=O)(=O)NC2CCSC2)c1. The number of sulfonamides is 1. The summed E-state index contributed by atoms with van der Waals surface area (Å²) >= 11 is 1.70. The van der Waals surface area contributed by atoms with E-state index >= 15 is 0 Å². The van der Waals surface area contributed by atoms with E-state index in [2.05, 4.69) is 10.0 Å². The van der Waals surface area contributed by atoms with E-state index in [1.807, 2.05) is 0 Å². The van der Waals surface area contributed by atoms with Crippen LogP contribution in [0.2, 0.25) is 0 Å². The van der Waals surface area contributed by atoms with Crippen molar-refractivity contribution in [3.05, 3.63) is 29.6 Å². The van der Waals surface area contributed by atoms with Crippen LogP contribution in [0.1, 0.15) is 12.0 Å². The first-order chi connectivity index (χ1) is 9.03. The van der Waals surface area contributed by atoms with Crippen LogP contribution in [0.5, 0.6) is 0 Å². The van der Waals surface area contributed by atoms with Crippen molar-refractivity contribution < 1.29 is 12.8 Å². The van der Waals surface area contributed by atoms with Crippen molar-refractivity contribution in [2.75, 3.05) is 18.6 Å². The summed E-state index contributed by atoms with van der Waals surface area (Å²) in [6.07, 6.45) is 0.793. The molecule has 0 aliphatic carbocycles. The molecule has 1 aliphatic rings. The van der Waals surface area contributed by atoms with Gasteiger partial charge in [-0.1, -0.05) is 6.07 Å². The molecule has 1 heterocycles. The van der Waals surface area contributed by atoms with Crippen LogP contribution in [0.3, 0.4) is 0 Å². The summed E-state index contributed by atoms with van der Waals surface area (Å²) in [6.45, 7) is 0.502. The van der Waals surface area contributed by atoms with E-state index in [0.717, 1.165) is 23.5 Å². The molecular weight excluding hydrogens is 287 g/mol. The summed E-state index contributed by atoms with van der Waals surface area (Å²) in [6, 6.07) is 4.07. The Morgan fingerprint density at radius 1 is 1.47 bits per heavy atom. The lowest BCUT2D eigenvalue weighted by Gasteiger charge is -2.13. The third-order valence-corrected chi connectivity index (χ3v) is 5.62. The van der Waals surface area contributed by atoms with Gasteiger partial charge in [-0.25, -0.2) is 17.5 Å². The van der Waals surface area contributed by atoms with Crippen LogP contribution in [-0.4, -0.2) is 33.0 Å². The fourth-order valence-electron chi connectivity index (χ4n) is 1.98. The maximum absolute atomic E-state index is 13.7. The molecule has 1 unspecified atom stereocenters. The number of benzene rings is 1. The van der Waals surface area contributed by atoms with Gasteiger partial charge in [0.1, 0.15) is 10.7 Å². The Labute approximate surface area is 117 Å². The lowest BCUT2D eigenvalue weighted by atomic mass is 10.2. The van der Waals surface area contributed by atoms with Gasteiger partial charge in [0.05, 0.1) is 0 Å². The maximum Gasteiger partial charge on any atom is 0.243 e. The van der Waals surface area contributed by atoms with Crippen LogP contribution >= 0.6 is 11.8 Å². The fourth-order valence-corrected chi connectivity index (χ4v) is 4.63. The summed E-state index contributed by atoms with van der Waals surface area (Å²) < 4.78 is 40.7. The van der Waals surface area contributed by atoms with Gasteiger partial charge in [0.2, 0.25) is 10.0 Å². The minimum absolute atomic E-state index is 0.0950. The van der Waals surface area contributed by atoms with Crippen LogP contribution in [0, 0.1) is 5.82 Å². The predicted octanol–water partition coefficient (Wildman–Crippen LogP) is 1.33. The highest BCUT2D eigenvalue weighted by molar-refractivity contribution is 7.99. The van der Waals surface area contributed by atoms with E-state index in [-0.39, 0.29) is 10.9 Å². The lowest BCUT2D eigenvalue weighted by molar-refractivity contribution is 0.543. The average Bonchev–Trinajstić information content (AvgIpc) is 2.84. The summed E-state index contributed by atoms with van der Waals surface area (Å²) in [5.74, 6) is 0.977. The largest absolute Gasteiger partial charge is 0.316 e. The van der Waals surface area contributed by atoms with Crippen molar-refractivity contribution in [1.29, 1.82) is 0 Å². The molecule has 0 aromatic heterocycles. The van der Waals surface area contributed by atoms with Crippen LogP contribution in [0.25, 0.3) is 0 Å². The van der Waals surface area contributed by atoms with E-state index in [9.17, 15) is 12.8 Å². The quantitative estimate of drug-likeness (QED) is 0.861. The molecule has 0 radical (unpaired) electrons. The molecule has 7 heteroatoms. The molecule has 0 bridgehead atoms. The third-order valence-electron chi connectivity index (χ3n) is 2.92. The topological polar surface area (TPSA) is 58.2 Å².